The van der Waals surface area contributed by atoms with E-state index in [1.165, 1.54) is 38.8 Å². The lowest BCUT2D eigenvalue weighted by atomic mass is 9.78. The number of anilines is 2. The fourth-order valence-corrected chi connectivity index (χ4v) is 9.49. The van der Waals surface area contributed by atoms with Gasteiger partial charge in [-0.3, -0.25) is 4.57 Å². The van der Waals surface area contributed by atoms with Gasteiger partial charge in [-0.05, 0) is 104 Å². The molecule has 6 aromatic carbocycles. The van der Waals surface area contributed by atoms with Gasteiger partial charge >= 0.3 is 0 Å². The maximum Gasteiger partial charge on any atom is 0.137 e. The summed E-state index contributed by atoms with van der Waals surface area (Å²) >= 11 is 0. The summed E-state index contributed by atoms with van der Waals surface area (Å²) in [7, 11) is 0. The first-order valence-corrected chi connectivity index (χ1v) is 23.8. The molecule has 1 aliphatic heterocycles. The Bertz CT molecular complexity index is 3220. The molecular weight excluding hydrogens is 817 g/mol. The highest BCUT2D eigenvalue weighted by Gasteiger charge is 2.30. The fourth-order valence-electron chi connectivity index (χ4n) is 9.49. The molecule has 0 atom stereocenters. The van der Waals surface area contributed by atoms with Crippen LogP contribution >= 0.6 is 0 Å². The molecule has 0 saturated carbocycles. The van der Waals surface area contributed by atoms with E-state index in [0.717, 1.165) is 39.2 Å². The van der Waals surface area contributed by atoms with Crippen molar-refractivity contribution in [3.05, 3.63) is 203 Å². The summed E-state index contributed by atoms with van der Waals surface area (Å²) in [5.41, 5.74) is 10.9. The molecule has 0 radical (unpaired) electrons. The molecule has 8 aromatic rings. The van der Waals surface area contributed by atoms with Crippen LogP contribution in [0.4, 0.5) is 11.4 Å². The van der Waals surface area contributed by atoms with E-state index in [0.29, 0.717) is 18.2 Å². The number of aromatic nitrogens is 2. The largest absolute Gasteiger partial charge is 0.457 e. The highest BCUT2D eigenvalue weighted by molar-refractivity contribution is 6.11. The van der Waals surface area contributed by atoms with Crippen molar-refractivity contribution in [2.75, 3.05) is 16.5 Å². The van der Waals surface area contributed by atoms with Crippen molar-refractivity contribution in [2.24, 2.45) is 0 Å². The Morgan fingerprint density at radius 1 is 0.463 bits per heavy atom. The van der Waals surface area contributed by atoms with Crippen molar-refractivity contribution in [3.8, 4) is 17.3 Å². The summed E-state index contributed by atoms with van der Waals surface area (Å²) in [6.45, 7) is 29.5. The van der Waals surface area contributed by atoms with Crippen molar-refractivity contribution in [1.29, 1.82) is 0 Å². The SMILES string of the molecule is [2H]C1=C([2H])N(c2cc(Oc3cc(C(C)(C)C)c4c5ccccc5n(-c5cc(C(C)(C)c6ccccc6)ccn5)c4c3)cc(C(C)(C)c3ccccc3)c2)CN1c1cc(C(C)(C)C)cc(C(C)(C)C)c1. The summed E-state index contributed by atoms with van der Waals surface area (Å²) in [5.74, 6) is 2.20. The van der Waals surface area contributed by atoms with Gasteiger partial charge in [-0.1, -0.05) is 175 Å². The fraction of sp³-hybridized carbons (Fsp3) is 0.306. The van der Waals surface area contributed by atoms with Crippen molar-refractivity contribution < 1.29 is 7.48 Å². The minimum atomic E-state index is -0.426. The van der Waals surface area contributed by atoms with Gasteiger partial charge in [0.25, 0.3) is 0 Å². The first kappa shape index (κ1) is 43.0. The van der Waals surface area contributed by atoms with Crippen molar-refractivity contribution in [1.82, 2.24) is 9.55 Å². The number of rotatable bonds is 9. The van der Waals surface area contributed by atoms with Crippen molar-refractivity contribution in [2.45, 2.75) is 117 Å². The smallest absolute Gasteiger partial charge is 0.137 e. The third kappa shape index (κ3) is 8.77. The summed E-state index contributed by atoms with van der Waals surface area (Å²) in [6, 6.07) is 51.7. The standard InChI is InChI=1S/C62H68N4O/c1-58(2,3)45-32-46(59(4,5)6)34-48(33-45)64-30-31-65(41-64)49-35-47(62(12,13)43-24-18-15-19-25-43)36-50(38-49)67-51-39-53(60(7,8)9)57-52-26-20-21-27-54(52)66(55(57)40-51)56-37-44(28-29-63-56)61(10,11)42-22-16-14-17-23-42/h14-40H,41H2,1-13H3/i30D,31D. The van der Waals surface area contributed by atoms with Crippen LogP contribution in [0, 0.1) is 0 Å². The lowest BCUT2D eigenvalue weighted by molar-refractivity contribution is 0.477. The first-order chi connectivity index (χ1) is 32.4. The van der Waals surface area contributed by atoms with Crippen LogP contribution in [0.25, 0.3) is 27.6 Å². The second-order valence-corrected chi connectivity index (χ2v) is 22.7. The highest BCUT2D eigenvalue weighted by atomic mass is 16.5. The van der Waals surface area contributed by atoms with E-state index in [4.69, 9.17) is 9.72 Å². The average Bonchev–Trinajstić information content (AvgIpc) is 3.80. The zero-order chi connectivity index (χ0) is 49.4. The number of hydrogen-bond acceptors (Lipinski definition) is 4. The Balaban J connectivity index is 1.20. The molecule has 0 amide bonds. The number of nitrogens with zero attached hydrogens (tertiary/aromatic N) is 4. The molecule has 0 spiro atoms. The summed E-state index contributed by atoms with van der Waals surface area (Å²) in [5, 5.41) is 2.34. The van der Waals surface area contributed by atoms with Crippen LogP contribution in [0.1, 0.15) is 132 Å². The van der Waals surface area contributed by atoms with Gasteiger partial charge in [-0.25, -0.2) is 4.98 Å². The maximum absolute atomic E-state index is 9.52. The molecule has 342 valence electrons. The molecule has 5 nitrogen and oxygen atoms in total. The Morgan fingerprint density at radius 2 is 0.985 bits per heavy atom. The molecule has 0 N–H and O–H groups in total. The van der Waals surface area contributed by atoms with Crippen LogP contribution in [0.15, 0.2) is 164 Å². The van der Waals surface area contributed by atoms with E-state index in [9.17, 15) is 2.74 Å². The molecule has 2 aromatic heterocycles. The molecule has 1 aliphatic rings. The van der Waals surface area contributed by atoms with Gasteiger partial charge < -0.3 is 14.5 Å². The number of hydrogen-bond donors (Lipinski definition) is 0. The first-order valence-electron chi connectivity index (χ1n) is 24.8. The quantitative estimate of drug-likeness (QED) is 0.145. The maximum atomic E-state index is 9.52. The number of ether oxygens (including phenoxy) is 1. The topological polar surface area (TPSA) is 33.5 Å². The second-order valence-electron chi connectivity index (χ2n) is 22.7. The van der Waals surface area contributed by atoms with E-state index >= 15 is 0 Å². The summed E-state index contributed by atoms with van der Waals surface area (Å²) < 4.78 is 28.4. The van der Waals surface area contributed by atoms with Crippen LogP contribution in [0.5, 0.6) is 11.5 Å². The van der Waals surface area contributed by atoms with Crippen LogP contribution in [-0.2, 0) is 27.1 Å². The lowest BCUT2D eigenvalue weighted by Crippen LogP contribution is -2.26. The molecule has 67 heavy (non-hydrogen) atoms. The predicted molar refractivity (Wildman–Crippen MR) is 284 cm³/mol. The van der Waals surface area contributed by atoms with Crippen LogP contribution in [-0.4, -0.2) is 16.2 Å². The minimum Gasteiger partial charge on any atom is -0.457 e. The molecular formula is C62H68N4O. The monoisotopic (exact) mass is 887 g/mol. The van der Waals surface area contributed by atoms with E-state index < -0.39 is 5.41 Å². The van der Waals surface area contributed by atoms with E-state index in [1.807, 2.05) is 28.1 Å². The van der Waals surface area contributed by atoms with Gasteiger partial charge in [0.15, 0.2) is 0 Å². The van der Waals surface area contributed by atoms with Gasteiger partial charge in [-0.2, -0.15) is 0 Å². The van der Waals surface area contributed by atoms with E-state index in [-0.39, 0.29) is 34.0 Å². The highest BCUT2D eigenvalue weighted by Crippen LogP contribution is 2.45. The van der Waals surface area contributed by atoms with Crippen molar-refractivity contribution in [3.63, 3.8) is 0 Å². The second kappa shape index (κ2) is 16.6. The Morgan fingerprint density at radius 3 is 1.57 bits per heavy atom. The van der Waals surface area contributed by atoms with Gasteiger partial charge in [0.2, 0.25) is 0 Å². The van der Waals surface area contributed by atoms with Crippen molar-refractivity contribution >= 4 is 33.2 Å². The normalized spacial score (nSPS) is 14.6. The van der Waals surface area contributed by atoms with Crippen LogP contribution < -0.4 is 14.5 Å². The third-order valence-corrected chi connectivity index (χ3v) is 14.0. The lowest BCUT2D eigenvalue weighted by Gasteiger charge is -2.30. The Labute approximate surface area is 402 Å². The van der Waals surface area contributed by atoms with E-state index in [1.54, 1.807) is 0 Å². The molecule has 0 bridgehead atoms. The average molecular weight is 887 g/mol. The molecule has 0 saturated heterocycles. The zero-order valence-corrected chi connectivity index (χ0v) is 41.8. The molecule has 0 fully saturated rings. The van der Waals surface area contributed by atoms with Crippen LogP contribution in [0.3, 0.4) is 0 Å². The molecule has 3 heterocycles. The zero-order valence-electron chi connectivity index (χ0n) is 43.8. The number of pyridine rings is 1. The number of fused-ring (bicyclic) bond motifs is 3. The molecule has 0 unspecified atom stereocenters. The number of para-hydroxylation sites is 1. The molecule has 0 aliphatic carbocycles. The summed E-state index contributed by atoms with van der Waals surface area (Å²) in [4.78, 5) is 8.98. The van der Waals surface area contributed by atoms with Gasteiger partial charge in [-0.15, -0.1) is 0 Å². The summed E-state index contributed by atoms with van der Waals surface area (Å²) in [6.07, 6.45) is 2.23. The number of benzene rings is 6. The molecule has 9 rings (SSSR count). The minimum absolute atomic E-state index is 0.0984. The van der Waals surface area contributed by atoms with Gasteiger partial charge in [0.05, 0.1) is 20.4 Å². The Hall–Kier alpha value is -6.59. The molecule has 5 heteroatoms. The van der Waals surface area contributed by atoms with E-state index in [2.05, 4.69) is 228 Å². The van der Waals surface area contributed by atoms with Gasteiger partial charge in [0, 0.05) is 63.7 Å². The predicted octanol–water partition coefficient (Wildman–Crippen LogP) is 16.3. The third-order valence-electron chi connectivity index (χ3n) is 14.0. The van der Waals surface area contributed by atoms with Crippen LogP contribution in [0.2, 0.25) is 0 Å². The Kier molecular flexibility index (Phi) is 10.7. The van der Waals surface area contributed by atoms with Gasteiger partial charge in [0.1, 0.15) is 17.3 Å².